The highest BCUT2D eigenvalue weighted by molar-refractivity contribution is 5.04. The molecule has 0 saturated heterocycles. The number of fused-ring (bicyclic) bond motifs is 1. The van der Waals surface area contributed by atoms with Crippen LogP contribution >= 0.6 is 0 Å². The highest BCUT2D eigenvalue weighted by atomic mass is 15.3. The van der Waals surface area contributed by atoms with Gasteiger partial charge in [-0.25, -0.2) is 0 Å². The van der Waals surface area contributed by atoms with Crippen molar-refractivity contribution in [2.24, 2.45) is 0 Å². The van der Waals surface area contributed by atoms with Gasteiger partial charge in [-0.15, -0.1) is 10.2 Å². The van der Waals surface area contributed by atoms with E-state index in [1.165, 1.54) is 69.4 Å². The molecule has 0 spiro atoms. The number of hydrogen-bond donors (Lipinski definition) is 0. The molecule has 1 aromatic heterocycles. The summed E-state index contributed by atoms with van der Waals surface area (Å²) in [6, 6.07) is 0. The van der Waals surface area contributed by atoms with Gasteiger partial charge >= 0.3 is 0 Å². The molecule has 0 N–H and O–H groups in total. The minimum Gasteiger partial charge on any atom is -0.315 e. The molecule has 19 heavy (non-hydrogen) atoms. The highest BCUT2D eigenvalue weighted by Crippen LogP contribution is 2.29. The van der Waals surface area contributed by atoms with E-state index in [1.807, 2.05) is 0 Å². The van der Waals surface area contributed by atoms with Gasteiger partial charge in [-0.1, -0.05) is 46.0 Å². The topological polar surface area (TPSA) is 30.7 Å². The first kappa shape index (κ1) is 14.5. The summed E-state index contributed by atoms with van der Waals surface area (Å²) in [5, 5.41) is 8.97. The fourth-order valence-corrected chi connectivity index (χ4v) is 3.13. The van der Waals surface area contributed by atoms with E-state index < -0.39 is 0 Å². The molecule has 0 amide bonds. The third kappa shape index (κ3) is 3.80. The number of hydrogen-bond acceptors (Lipinski definition) is 2. The van der Waals surface area contributed by atoms with Crippen LogP contribution in [0.25, 0.3) is 0 Å². The third-order valence-corrected chi connectivity index (χ3v) is 4.32. The van der Waals surface area contributed by atoms with E-state index in [9.17, 15) is 0 Å². The Morgan fingerprint density at radius 2 is 1.79 bits per heavy atom. The average molecular weight is 263 g/mol. The quantitative estimate of drug-likeness (QED) is 0.648. The molecule has 0 aromatic carbocycles. The van der Waals surface area contributed by atoms with Crippen LogP contribution in [0.2, 0.25) is 0 Å². The van der Waals surface area contributed by atoms with E-state index in [1.54, 1.807) is 0 Å². The molecule has 3 nitrogen and oxygen atoms in total. The summed E-state index contributed by atoms with van der Waals surface area (Å²) < 4.78 is 2.43. The van der Waals surface area contributed by atoms with Gasteiger partial charge in [0.1, 0.15) is 11.6 Å². The zero-order valence-corrected chi connectivity index (χ0v) is 12.7. The monoisotopic (exact) mass is 263 g/mol. The number of aryl methyl sites for hydroxylation is 1. The molecule has 0 radical (unpaired) electrons. The Bertz CT molecular complexity index is 370. The van der Waals surface area contributed by atoms with Crippen LogP contribution < -0.4 is 0 Å². The Hall–Kier alpha value is -0.860. The molecule has 1 unspecified atom stereocenters. The van der Waals surface area contributed by atoms with Crippen LogP contribution in [-0.2, 0) is 13.0 Å². The van der Waals surface area contributed by atoms with Crippen molar-refractivity contribution in [3.63, 3.8) is 0 Å². The highest BCUT2D eigenvalue weighted by Gasteiger charge is 2.22. The second-order valence-electron chi connectivity index (χ2n) is 5.92. The Balaban J connectivity index is 2.05. The van der Waals surface area contributed by atoms with Crippen LogP contribution in [0.3, 0.4) is 0 Å². The summed E-state index contributed by atoms with van der Waals surface area (Å²) in [5.41, 5.74) is 0. The van der Waals surface area contributed by atoms with E-state index in [0.717, 1.165) is 13.0 Å². The van der Waals surface area contributed by atoms with Gasteiger partial charge in [-0.05, 0) is 25.7 Å². The van der Waals surface area contributed by atoms with Crippen LogP contribution in [0.5, 0.6) is 0 Å². The first-order valence-electron chi connectivity index (χ1n) is 8.28. The molecule has 0 fully saturated rings. The number of aromatic nitrogens is 3. The molecule has 3 heteroatoms. The number of unbranched alkanes of at least 4 members (excludes halogenated alkanes) is 3. The summed E-state index contributed by atoms with van der Waals surface area (Å²) in [6.07, 6.45) is 12.9. The molecule has 1 aliphatic heterocycles. The predicted octanol–water partition coefficient (Wildman–Crippen LogP) is 4.47. The standard InChI is InChI=1S/C16H29N3/c1-3-5-7-11-14(10-6-4-2)16-18-17-15-12-8-9-13-19(15)16/h14H,3-13H2,1-2H3. The Kier molecular flexibility index (Phi) is 5.87. The van der Waals surface area contributed by atoms with Crippen LogP contribution in [0.1, 0.15) is 89.2 Å². The SMILES string of the molecule is CCCCCC(CCCC)c1nnc2n1CCCC2. The molecule has 2 rings (SSSR count). The van der Waals surface area contributed by atoms with Crippen molar-refractivity contribution in [1.82, 2.24) is 14.8 Å². The smallest absolute Gasteiger partial charge is 0.136 e. The Morgan fingerprint density at radius 3 is 2.58 bits per heavy atom. The second kappa shape index (κ2) is 7.66. The van der Waals surface area contributed by atoms with Gasteiger partial charge < -0.3 is 4.57 Å². The summed E-state index contributed by atoms with van der Waals surface area (Å²) in [5.74, 6) is 3.17. The fourth-order valence-electron chi connectivity index (χ4n) is 3.13. The second-order valence-corrected chi connectivity index (χ2v) is 5.92. The summed E-state index contributed by atoms with van der Waals surface area (Å²) in [7, 11) is 0. The van der Waals surface area contributed by atoms with Gasteiger partial charge in [-0.2, -0.15) is 0 Å². The molecule has 0 aliphatic carbocycles. The molecule has 1 atom stereocenters. The molecule has 2 heterocycles. The molecule has 1 aliphatic rings. The molecule has 1 aromatic rings. The molecule has 0 bridgehead atoms. The average Bonchev–Trinajstić information content (AvgIpc) is 2.87. The number of nitrogens with zero attached hydrogens (tertiary/aromatic N) is 3. The van der Waals surface area contributed by atoms with Crippen LogP contribution in [0.4, 0.5) is 0 Å². The van der Waals surface area contributed by atoms with Gasteiger partial charge in [-0.3, -0.25) is 0 Å². The predicted molar refractivity (Wildman–Crippen MR) is 79.4 cm³/mol. The zero-order valence-electron chi connectivity index (χ0n) is 12.7. The van der Waals surface area contributed by atoms with E-state index in [2.05, 4.69) is 28.6 Å². The first-order chi connectivity index (χ1) is 9.36. The summed E-state index contributed by atoms with van der Waals surface area (Å²) in [6.45, 7) is 5.70. The van der Waals surface area contributed by atoms with Crippen molar-refractivity contribution in [1.29, 1.82) is 0 Å². The first-order valence-corrected chi connectivity index (χ1v) is 8.28. The van der Waals surface area contributed by atoms with Crippen LogP contribution in [0, 0.1) is 0 Å². The zero-order chi connectivity index (χ0) is 13.5. The van der Waals surface area contributed by atoms with Crippen molar-refractivity contribution in [3.8, 4) is 0 Å². The van der Waals surface area contributed by atoms with Crippen molar-refractivity contribution in [2.45, 2.75) is 90.5 Å². The van der Waals surface area contributed by atoms with E-state index in [4.69, 9.17) is 0 Å². The minimum atomic E-state index is 0.644. The summed E-state index contributed by atoms with van der Waals surface area (Å²) >= 11 is 0. The maximum absolute atomic E-state index is 4.54. The molecular weight excluding hydrogens is 234 g/mol. The van der Waals surface area contributed by atoms with Crippen molar-refractivity contribution in [3.05, 3.63) is 11.6 Å². The Morgan fingerprint density at radius 1 is 1.00 bits per heavy atom. The van der Waals surface area contributed by atoms with Gasteiger partial charge in [0.25, 0.3) is 0 Å². The molecule has 0 saturated carbocycles. The van der Waals surface area contributed by atoms with Crippen molar-refractivity contribution >= 4 is 0 Å². The lowest BCUT2D eigenvalue weighted by molar-refractivity contribution is 0.446. The lowest BCUT2D eigenvalue weighted by Crippen LogP contribution is -2.16. The largest absolute Gasteiger partial charge is 0.315 e. The van der Waals surface area contributed by atoms with Crippen molar-refractivity contribution < 1.29 is 0 Å². The minimum absolute atomic E-state index is 0.644. The van der Waals surface area contributed by atoms with Gasteiger partial charge in [0, 0.05) is 18.9 Å². The van der Waals surface area contributed by atoms with E-state index in [0.29, 0.717) is 5.92 Å². The maximum atomic E-state index is 4.54. The van der Waals surface area contributed by atoms with Crippen LogP contribution in [-0.4, -0.2) is 14.8 Å². The summed E-state index contributed by atoms with van der Waals surface area (Å²) in [4.78, 5) is 0. The van der Waals surface area contributed by atoms with E-state index >= 15 is 0 Å². The fraction of sp³-hybridized carbons (Fsp3) is 0.875. The van der Waals surface area contributed by atoms with Crippen LogP contribution in [0.15, 0.2) is 0 Å². The third-order valence-electron chi connectivity index (χ3n) is 4.32. The molecule has 108 valence electrons. The Labute approximate surface area is 117 Å². The van der Waals surface area contributed by atoms with Gasteiger partial charge in [0.2, 0.25) is 0 Å². The molecular formula is C16H29N3. The lowest BCUT2D eigenvalue weighted by Gasteiger charge is -2.20. The number of rotatable bonds is 8. The lowest BCUT2D eigenvalue weighted by atomic mass is 9.94. The maximum Gasteiger partial charge on any atom is 0.136 e. The van der Waals surface area contributed by atoms with Gasteiger partial charge in [0.15, 0.2) is 0 Å². The van der Waals surface area contributed by atoms with Gasteiger partial charge in [0.05, 0.1) is 0 Å². The normalized spacial score (nSPS) is 16.3. The van der Waals surface area contributed by atoms with E-state index in [-0.39, 0.29) is 0 Å². The van der Waals surface area contributed by atoms with Crippen molar-refractivity contribution in [2.75, 3.05) is 0 Å².